The zero-order chi connectivity index (χ0) is 11.1. The molecule has 1 unspecified atom stereocenters. The SMILES string of the molecule is CCCCCCC(C)c1cccc(N)n1. The van der Waals surface area contributed by atoms with Crippen LogP contribution in [-0.4, -0.2) is 4.98 Å². The maximum absolute atomic E-state index is 5.66. The summed E-state index contributed by atoms with van der Waals surface area (Å²) < 4.78 is 0. The molecule has 0 aromatic carbocycles. The minimum atomic E-state index is 0.533. The van der Waals surface area contributed by atoms with E-state index in [4.69, 9.17) is 5.73 Å². The van der Waals surface area contributed by atoms with Gasteiger partial charge in [0.2, 0.25) is 0 Å². The van der Waals surface area contributed by atoms with E-state index in [1.165, 1.54) is 32.1 Å². The lowest BCUT2D eigenvalue weighted by Gasteiger charge is -2.10. The van der Waals surface area contributed by atoms with Crippen molar-refractivity contribution in [3.05, 3.63) is 23.9 Å². The van der Waals surface area contributed by atoms with E-state index in [9.17, 15) is 0 Å². The lowest BCUT2D eigenvalue weighted by molar-refractivity contribution is 0.572. The molecule has 0 spiro atoms. The number of anilines is 1. The Morgan fingerprint density at radius 3 is 2.73 bits per heavy atom. The summed E-state index contributed by atoms with van der Waals surface area (Å²) in [5, 5.41) is 0. The predicted octanol–water partition coefficient (Wildman–Crippen LogP) is 3.74. The molecule has 2 heteroatoms. The van der Waals surface area contributed by atoms with Crippen molar-refractivity contribution in [3.8, 4) is 0 Å². The van der Waals surface area contributed by atoms with Crippen molar-refractivity contribution in [1.29, 1.82) is 0 Å². The van der Waals surface area contributed by atoms with Crippen LogP contribution in [0.2, 0.25) is 0 Å². The van der Waals surface area contributed by atoms with Gasteiger partial charge in [-0.25, -0.2) is 4.98 Å². The standard InChI is InChI=1S/C13H22N2/c1-3-4-5-6-8-11(2)12-9-7-10-13(14)15-12/h7,9-11H,3-6,8H2,1-2H3,(H2,14,15). The molecular formula is C13H22N2. The fraction of sp³-hybridized carbons (Fsp3) is 0.615. The van der Waals surface area contributed by atoms with Crippen LogP contribution >= 0.6 is 0 Å². The van der Waals surface area contributed by atoms with E-state index in [1.54, 1.807) is 0 Å². The first-order chi connectivity index (χ1) is 7.24. The molecule has 2 nitrogen and oxygen atoms in total. The van der Waals surface area contributed by atoms with Gasteiger partial charge in [0.1, 0.15) is 5.82 Å². The zero-order valence-electron chi connectivity index (χ0n) is 9.87. The van der Waals surface area contributed by atoms with Crippen LogP contribution in [0.25, 0.3) is 0 Å². The summed E-state index contributed by atoms with van der Waals surface area (Å²) in [4.78, 5) is 4.35. The first kappa shape index (κ1) is 12.0. The summed E-state index contributed by atoms with van der Waals surface area (Å²) in [6.45, 7) is 4.47. The summed E-state index contributed by atoms with van der Waals surface area (Å²) in [5.41, 5.74) is 6.79. The fourth-order valence-corrected chi connectivity index (χ4v) is 1.77. The average Bonchev–Trinajstić information content (AvgIpc) is 2.24. The second-order valence-electron chi connectivity index (χ2n) is 4.24. The second kappa shape index (κ2) is 6.44. The Morgan fingerprint density at radius 1 is 1.27 bits per heavy atom. The zero-order valence-corrected chi connectivity index (χ0v) is 9.87. The second-order valence-corrected chi connectivity index (χ2v) is 4.24. The van der Waals surface area contributed by atoms with Gasteiger partial charge in [0, 0.05) is 5.69 Å². The van der Waals surface area contributed by atoms with Crippen LogP contribution in [0.5, 0.6) is 0 Å². The highest BCUT2D eigenvalue weighted by atomic mass is 14.8. The molecule has 0 saturated heterocycles. The van der Waals surface area contributed by atoms with Crippen LogP contribution in [0, 0.1) is 0 Å². The van der Waals surface area contributed by atoms with Crippen LogP contribution in [0.4, 0.5) is 5.82 Å². The smallest absolute Gasteiger partial charge is 0.123 e. The van der Waals surface area contributed by atoms with E-state index in [0.717, 1.165) is 5.69 Å². The number of nitrogens with zero attached hydrogens (tertiary/aromatic N) is 1. The van der Waals surface area contributed by atoms with E-state index < -0.39 is 0 Å². The molecule has 0 aliphatic carbocycles. The molecule has 0 aliphatic rings. The highest BCUT2D eigenvalue weighted by molar-refractivity contribution is 5.29. The van der Waals surface area contributed by atoms with Gasteiger partial charge in [-0.3, -0.25) is 0 Å². The van der Waals surface area contributed by atoms with Crippen molar-refractivity contribution < 1.29 is 0 Å². The molecule has 2 N–H and O–H groups in total. The molecule has 0 radical (unpaired) electrons. The van der Waals surface area contributed by atoms with E-state index in [0.29, 0.717) is 11.7 Å². The summed E-state index contributed by atoms with van der Waals surface area (Å²) in [7, 11) is 0. The third kappa shape index (κ3) is 4.32. The van der Waals surface area contributed by atoms with Crippen molar-refractivity contribution in [2.45, 2.75) is 51.9 Å². The molecule has 0 saturated carbocycles. The molecule has 1 aromatic heterocycles. The molecule has 0 amide bonds. The average molecular weight is 206 g/mol. The molecular weight excluding hydrogens is 184 g/mol. The number of pyridine rings is 1. The number of aromatic nitrogens is 1. The van der Waals surface area contributed by atoms with Crippen molar-refractivity contribution >= 4 is 5.82 Å². The number of hydrogen-bond donors (Lipinski definition) is 1. The van der Waals surface area contributed by atoms with Gasteiger partial charge < -0.3 is 5.73 Å². The fourth-order valence-electron chi connectivity index (χ4n) is 1.77. The molecule has 1 heterocycles. The molecule has 0 fully saturated rings. The highest BCUT2D eigenvalue weighted by Gasteiger charge is 2.06. The molecule has 1 aromatic rings. The number of hydrogen-bond acceptors (Lipinski definition) is 2. The Morgan fingerprint density at radius 2 is 2.07 bits per heavy atom. The minimum absolute atomic E-state index is 0.533. The minimum Gasteiger partial charge on any atom is -0.384 e. The third-order valence-corrected chi connectivity index (χ3v) is 2.79. The van der Waals surface area contributed by atoms with Gasteiger partial charge in [0.15, 0.2) is 0 Å². The molecule has 1 atom stereocenters. The molecule has 15 heavy (non-hydrogen) atoms. The van der Waals surface area contributed by atoms with Gasteiger partial charge in [-0.05, 0) is 24.5 Å². The largest absolute Gasteiger partial charge is 0.384 e. The Hall–Kier alpha value is -1.05. The quantitative estimate of drug-likeness (QED) is 0.720. The van der Waals surface area contributed by atoms with Crippen molar-refractivity contribution in [2.24, 2.45) is 0 Å². The lowest BCUT2D eigenvalue weighted by Crippen LogP contribution is -2.00. The van der Waals surface area contributed by atoms with Gasteiger partial charge in [0.25, 0.3) is 0 Å². The summed E-state index contributed by atoms with van der Waals surface area (Å²) in [5.74, 6) is 1.17. The first-order valence-corrected chi connectivity index (χ1v) is 5.96. The first-order valence-electron chi connectivity index (χ1n) is 5.96. The van der Waals surface area contributed by atoms with Gasteiger partial charge in [-0.1, -0.05) is 45.6 Å². The van der Waals surface area contributed by atoms with E-state index >= 15 is 0 Å². The molecule has 1 rings (SSSR count). The Balaban J connectivity index is 2.36. The highest BCUT2D eigenvalue weighted by Crippen LogP contribution is 2.20. The number of nitrogen functional groups attached to an aromatic ring is 1. The van der Waals surface area contributed by atoms with Gasteiger partial charge in [-0.2, -0.15) is 0 Å². The van der Waals surface area contributed by atoms with Gasteiger partial charge in [0.05, 0.1) is 0 Å². The van der Waals surface area contributed by atoms with E-state index in [1.807, 2.05) is 12.1 Å². The maximum atomic E-state index is 5.66. The van der Waals surface area contributed by atoms with Crippen LogP contribution in [0.1, 0.15) is 57.6 Å². The monoisotopic (exact) mass is 206 g/mol. The number of unbranched alkanes of at least 4 members (excludes halogenated alkanes) is 3. The van der Waals surface area contributed by atoms with Crippen LogP contribution in [-0.2, 0) is 0 Å². The normalized spacial score (nSPS) is 12.7. The molecule has 0 bridgehead atoms. The Bertz CT molecular complexity index is 284. The summed E-state index contributed by atoms with van der Waals surface area (Å²) in [6.07, 6.45) is 6.49. The predicted molar refractivity (Wildman–Crippen MR) is 65.8 cm³/mol. The van der Waals surface area contributed by atoms with Gasteiger partial charge >= 0.3 is 0 Å². The van der Waals surface area contributed by atoms with Crippen molar-refractivity contribution in [2.75, 3.05) is 5.73 Å². The van der Waals surface area contributed by atoms with Crippen molar-refractivity contribution in [3.63, 3.8) is 0 Å². The van der Waals surface area contributed by atoms with Crippen LogP contribution in [0.15, 0.2) is 18.2 Å². The molecule has 0 aliphatic heterocycles. The Labute approximate surface area is 92.9 Å². The third-order valence-electron chi connectivity index (χ3n) is 2.79. The summed E-state index contributed by atoms with van der Waals surface area (Å²) in [6, 6.07) is 5.90. The topological polar surface area (TPSA) is 38.9 Å². The molecule has 84 valence electrons. The van der Waals surface area contributed by atoms with Crippen molar-refractivity contribution in [1.82, 2.24) is 4.98 Å². The van der Waals surface area contributed by atoms with Crippen LogP contribution in [0.3, 0.4) is 0 Å². The van der Waals surface area contributed by atoms with Gasteiger partial charge in [-0.15, -0.1) is 0 Å². The number of nitrogens with two attached hydrogens (primary N) is 1. The van der Waals surface area contributed by atoms with Crippen LogP contribution < -0.4 is 5.73 Å². The van der Waals surface area contributed by atoms with E-state index in [-0.39, 0.29) is 0 Å². The number of rotatable bonds is 6. The Kier molecular flexibility index (Phi) is 5.16. The lowest BCUT2D eigenvalue weighted by atomic mass is 9.99. The summed E-state index contributed by atoms with van der Waals surface area (Å²) >= 11 is 0. The maximum Gasteiger partial charge on any atom is 0.123 e. The van der Waals surface area contributed by atoms with E-state index in [2.05, 4.69) is 24.9 Å².